The molecule has 0 heterocycles. The van der Waals surface area contributed by atoms with Crippen molar-refractivity contribution in [3.63, 3.8) is 0 Å². The van der Waals surface area contributed by atoms with Crippen molar-refractivity contribution < 1.29 is 4.74 Å². The van der Waals surface area contributed by atoms with E-state index in [2.05, 4.69) is 34.7 Å². The highest BCUT2D eigenvalue weighted by atomic mass is 127. The third-order valence-corrected chi connectivity index (χ3v) is 3.70. The second-order valence-corrected chi connectivity index (χ2v) is 4.90. The summed E-state index contributed by atoms with van der Waals surface area (Å²) in [6.45, 7) is 0. The molecule has 17 heavy (non-hydrogen) atoms. The number of halogens is 1. The molecule has 3 heteroatoms. The molecule has 0 amide bonds. The molecule has 0 aliphatic heterocycles. The Labute approximate surface area is 115 Å². The van der Waals surface area contributed by atoms with Gasteiger partial charge in [0, 0.05) is 9.13 Å². The molecule has 2 aromatic rings. The molecule has 1 unspecified atom stereocenters. The minimum atomic E-state index is -0.153. The normalized spacial score (nSPS) is 12.2. The number of benzene rings is 2. The predicted molar refractivity (Wildman–Crippen MR) is 78.2 cm³/mol. The molecule has 0 radical (unpaired) electrons. The highest BCUT2D eigenvalue weighted by Gasteiger charge is 2.15. The molecule has 2 nitrogen and oxygen atoms in total. The van der Waals surface area contributed by atoms with Crippen LogP contribution in [0.25, 0.3) is 0 Å². The second kappa shape index (κ2) is 5.51. The van der Waals surface area contributed by atoms with Gasteiger partial charge in [0.05, 0.1) is 13.2 Å². The van der Waals surface area contributed by atoms with Gasteiger partial charge in [-0.15, -0.1) is 0 Å². The first-order valence-electron chi connectivity index (χ1n) is 5.37. The van der Waals surface area contributed by atoms with E-state index in [1.165, 1.54) is 3.57 Å². The van der Waals surface area contributed by atoms with E-state index in [9.17, 15) is 0 Å². The number of nitrogens with two attached hydrogens (primary N) is 1. The van der Waals surface area contributed by atoms with E-state index in [0.717, 1.165) is 16.9 Å². The highest BCUT2D eigenvalue weighted by Crippen LogP contribution is 2.30. The largest absolute Gasteiger partial charge is 0.496 e. The van der Waals surface area contributed by atoms with Crippen molar-refractivity contribution in [3.8, 4) is 5.75 Å². The summed E-state index contributed by atoms with van der Waals surface area (Å²) in [5, 5.41) is 0. The zero-order valence-corrected chi connectivity index (χ0v) is 11.7. The van der Waals surface area contributed by atoms with E-state index in [4.69, 9.17) is 10.5 Å². The minimum Gasteiger partial charge on any atom is -0.496 e. The third-order valence-electron chi connectivity index (χ3n) is 2.71. The van der Waals surface area contributed by atoms with Gasteiger partial charge < -0.3 is 10.5 Å². The Morgan fingerprint density at radius 1 is 1.00 bits per heavy atom. The highest BCUT2D eigenvalue weighted by molar-refractivity contribution is 14.1. The van der Waals surface area contributed by atoms with E-state index in [-0.39, 0.29) is 6.04 Å². The summed E-state index contributed by atoms with van der Waals surface area (Å²) < 4.78 is 6.52. The topological polar surface area (TPSA) is 35.2 Å². The molecule has 2 rings (SSSR count). The lowest BCUT2D eigenvalue weighted by Crippen LogP contribution is -2.14. The van der Waals surface area contributed by atoms with Gasteiger partial charge in [-0.25, -0.2) is 0 Å². The van der Waals surface area contributed by atoms with Crippen LogP contribution >= 0.6 is 22.6 Å². The molecule has 2 aromatic carbocycles. The molecule has 88 valence electrons. The molecule has 2 N–H and O–H groups in total. The lowest BCUT2D eigenvalue weighted by molar-refractivity contribution is 0.408. The maximum Gasteiger partial charge on any atom is 0.123 e. The number of hydrogen-bond donors (Lipinski definition) is 1. The van der Waals surface area contributed by atoms with Crippen molar-refractivity contribution >= 4 is 22.6 Å². The maximum atomic E-state index is 6.31. The van der Waals surface area contributed by atoms with Crippen LogP contribution in [0.5, 0.6) is 5.75 Å². The van der Waals surface area contributed by atoms with Crippen molar-refractivity contribution in [2.24, 2.45) is 5.73 Å². The molecule has 0 saturated carbocycles. The van der Waals surface area contributed by atoms with Crippen LogP contribution in [0.1, 0.15) is 17.2 Å². The summed E-state index contributed by atoms with van der Waals surface area (Å²) in [5.74, 6) is 0.833. The molecule has 0 fully saturated rings. The number of rotatable bonds is 3. The SMILES string of the molecule is COc1ccccc1C(N)c1ccccc1I. The molecule has 0 aliphatic rings. The smallest absolute Gasteiger partial charge is 0.123 e. The Kier molecular flexibility index (Phi) is 4.02. The maximum absolute atomic E-state index is 6.31. The fraction of sp³-hybridized carbons (Fsp3) is 0.143. The van der Waals surface area contributed by atoms with Gasteiger partial charge in [0.25, 0.3) is 0 Å². The van der Waals surface area contributed by atoms with Crippen LogP contribution in [0.15, 0.2) is 48.5 Å². The summed E-state index contributed by atoms with van der Waals surface area (Å²) >= 11 is 2.31. The van der Waals surface area contributed by atoms with E-state index in [1.807, 2.05) is 36.4 Å². The summed E-state index contributed by atoms with van der Waals surface area (Å²) in [6, 6.07) is 15.9. The Morgan fingerprint density at radius 3 is 2.24 bits per heavy atom. The lowest BCUT2D eigenvalue weighted by Gasteiger charge is -2.17. The fourth-order valence-electron chi connectivity index (χ4n) is 1.82. The predicted octanol–water partition coefficient (Wildman–Crippen LogP) is 3.35. The zero-order chi connectivity index (χ0) is 12.3. The van der Waals surface area contributed by atoms with E-state index < -0.39 is 0 Å². The lowest BCUT2D eigenvalue weighted by atomic mass is 9.99. The van der Waals surface area contributed by atoms with Crippen LogP contribution in [0, 0.1) is 3.57 Å². The van der Waals surface area contributed by atoms with Crippen LogP contribution in [0.4, 0.5) is 0 Å². The van der Waals surface area contributed by atoms with Crippen molar-refractivity contribution in [1.29, 1.82) is 0 Å². The first-order chi connectivity index (χ1) is 8.24. The number of para-hydroxylation sites is 1. The van der Waals surface area contributed by atoms with Gasteiger partial charge in [0.1, 0.15) is 5.75 Å². The van der Waals surface area contributed by atoms with Gasteiger partial charge in [0.2, 0.25) is 0 Å². The summed E-state index contributed by atoms with van der Waals surface area (Å²) in [7, 11) is 1.67. The first-order valence-corrected chi connectivity index (χ1v) is 6.45. The monoisotopic (exact) mass is 339 g/mol. The van der Waals surface area contributed by atoms with Crippen molar-refractivity contribution in [2.45, 2.75) is 6.04 Å². The van der Waals surface area contributed by atoms with E-state index in [0.29, 0.717) is 0 Å². The minimum absolute atomic E-state index is 0.153. The summed E-state index contributed by atoms with van der Waals surface area (Å²) in [4.78, 5) is 0. The van der Waals surface area contributed by atoms with Crippen LogP contribution in [-0.4, -0.2) is 7.11 Å². The quantitative estimate of drug-likeness (QED) is 0.871. The zero-order valence-electron chi connectivity index (χ0n) is 9.56. The van der Waals surface area contributed by atoms with Gasteiger partial charge in [-0.3, -0.25) is 0 Å². The number of methoxy groups -OCH3 is 1. The first kappa shape index (κ1) is 12.4. The Bertz CT molecular complexity index is 513. The standard InChI is InChI=1S/C14H14INO/c1-17-13-9-5-3-7-11(13)14(16)10-6-2-4-8-12(10)15/h2-9,14H,16H2,1H3. The van der Waals surface area contributed by atoms with Gasteiger partial charge in [-0.05, 0) is 40.3 Å². The molecule has 1 atom stereocenters. The van der Waals surface area contributed by atoms with Gasteiger partial charge in [-0.2, -0.15) is 0 Å². The molecule has 0 saturated heterocycles. The average molecular weight is 339 g/mol. The average Bonchev–Trinajstić information content (AvgIpc) is 2.38. The van der Waals surface area contributed by atoms with Crippen LogP contribution in [0.3, 0.4) is 0 Å². The molecule has 0 aliphatic carbocycles. The van der Waals surface area contributed by atoms with Crippen molar-refractivity contribution in [1.82, 2.24) is 0 Å². The third kappa shape index (κ3) is 2.61. The molecule has 0 bridgehead atoms. The van der Waals surface area contributed by atoms with Crippen LogP contribution < -0.4 is 10.5 Å². The van der Waals surface area contributed by atoms with E-state index >= 15 is 0 Å². The summed E-state index contributed by atoms with van der Waals surface area (Å²) in [6.07, 6.45) is 0. The Balaban J connectivity index is 2.44. The molecular weight excluding hydrogens is 325 g/mol. The second-order valence-electron chi connectivity index (χ2n) is 3.74. The molecule has 0 spiro atoms. The van der Waals surface area contributed by atoms with Gasteiger partial charge in [0.15, 0.2) is 0 Å². The van der Waals surface area contributed by atoms with Crippen LogP contribution in [-0.2, 0) is 0 Å². The van der Waals surface area contributed by atoms with Crippen molar-refractivity contribution in [2.75, 3.05) is 7.11 Å². The van der Waals surface area contributed by atoms with Crippen LogP contribution in [0.2, 0.25) is 0 Å². The molecule has 0 aromatic heterocycles. The van der Waals surface area contributed by atoms with E-state index in [1.54, 1.807) is 7.11 Å². The van der Waals surface area contributed by atoms with Gasteiger partial charge >= 0.3 is 0 Å². The number of ether oxygens (including phenoxy) is 1. The van der Waals surface area contributed by atoms with Gasteiger partial charge in [-0.1, -0.05) is 36.4 Å². The Morgan fingerprint density at radius 2 is 1.59 bits per heavy atom. The van der Waals surface area contributed by atoms with Crippen molar-refractivity contribution in [3.05, 3.63) is 63.2 Å². The molecular formula is C14H14INO. The summed E-state index contributed by atoms with van der Waals surface area (Å²) in [5.41, 5.74) is 8.44. The number of hydrogen-bond acceptors (Lipinski definition) is 2. The Hall–Kier alpha value is -1.07. The fourth-order valence-corrected chi connectivity index (χ4v) is 2.54.